The van der Waals surface area contributed by atoms with Gasteiger partial charge >= 0.3 is 0 Å². The van der Waals surface area contributed by atoms with Crippen molar-refractivity contribution >= 4 is 0 Å². The summed E-state index contributed by atoms with van der Waals surface area (Å²) in [6.07, 6.45) is 15.7. The molecule has 0 saturated carbocycles. The monoisotopic (exact) mass is 256 g/mol. The summed E-state index contributed by atoms with van der Waals surface area (Å²) in [7, 11) is 0. The van der Waals surface area contributed by atoms with E-state index in [1.54, 1.807) is 0 Å². The Hall–Kier alpha value is -0.0400. The zero-order valence-corrected chi connectivity index (χ0v) is 13.1. The Kier molecular flexibility index (Phi) is 12.0. The fourth-order valence-electron chi connectivity index (χ4n) is 2.62. The lowest BCUT2D eigenvalue weighted by atomic mass is 9.86. The van der Waals surface area contributed by atoms with Crippen LogP contribution >= 0.6 is 0 Å². The molecule has 0 bridgehead atoms. The van der Waals surface area contributed by atoms with E-state index >= 15 is 0 Å². The second-order valence-corrected chi connectivity index (χ2v) is 5.95. The van der Waals surface area contributed by atoms with Crippen molar-refractivity contribution in [2.45, 2.75) is 110 Å². The highest BCUT2D eigenvalue weighted by molar-refractivity contribution is 4.78. The van der Waals surface area contributed by atoms with Crippen LogP contribution in [0.1, 0.15) is 104 Å². The normalized spacial score (nSPS) is 12.0. The molecule has 0 unspecified atom stereocenters. The molecule has 1 N–H and O–H groups in total. The van der Waals surface area contributed by atoms with Crippen molar-refractivity contribution in [1.29, 1.82) is 0 Å². The summed E-state index contributed by atoms with van der Waals surface area (Å²) in [5.41, 5.74) is -0.350. The Labute approximate surface area is 115 Å². The fraction of sp³-hybridized carbons (Fsp3) is 1.00. The molecule has 1 heteroatoms. The largest absolute Gasteiger partial charge is 0.390 e. The maximum atomic E-state index is 10.7. The Morgan fingerprint density at radius 2 is 0.944 bits per heavy atom. The summed E-state index contributed by atoms with van der Waals surface area (Å²) in [4.78, 5) is 0. The van der Waals surface area contributed by atoms with Gasteiger partial charge in [0.05, 0.1) is 5.60 Å². The van der Waals surface area contributed by atoms with Gasteiger partial charge in [0.15, 0.2) is 0 Å². The van der Waals surface area contributed by atoms with Gasteiger partial charge in [-0.05, 0) is 19.3 Å². The first-order valence-corrected chi connectivity index (χ1v) is 8.41. The molecule has 0 atom stereocenters. The second-order valence-electron chi connectivity index (χ2n) is 5.95. The number of aliphatic hydroxyl groups is 1. The molecule has 0 aromatic rings. The van der Waals surface area contributed by atoms with Crippen LogP contribution in [-0.4, -0.2) is 10.7 Å². The van der Waals surface area contributed by atoms with Crippen LogP contribution < -0.4 is 0 Å². The van der Waals surface area contributed by atoms with Crippen molar-refractivity contribution in [2.24, 2.45) is 0 Å². The Morgan fingerprint density at radius 1 is 0.556 bits per heavy atom. The molecule has 0 aromatic carbocycles. The molecule has 0 saturated heterocycles. The third kappa shape index (κ3) is 9.94. The van der Waals surface area contributed by atoms with E-state index in [0.717, 1.165) is 19.3 Å². The Bertz CT molecular complexity index is 157. The summed E-state index contributed by atoms with van der Waals surface area (Å²) in [6, 6.07) is 0. The standard InChI is InChI=1S/C17H36O/c1-4-7-10-11-12-13-16-17(18,14-8-5-2)15-9-6-3/h18H,4-16H2,1-3H3. The molecule has 0 rings (SSSR count). The molecule has 0 aromatic heterocycles. The van der Waals surface area contributed by atoms with Gasteiger partial charge in [0.2, 0.25) is 0 Å². The highest BCUT2D eigenvalue weighted by Crippen LogP contribution is 2.27. The molecule has 0 heterocycles. The third-order valence-corrected chi connectivity index (χ3v) is 3.99. The molecule has 0 spiro atoms. The van der Waals surface area contributed by atoms with Crippen molar-refractivity contribution in [2.75, 3.05) is 0 Å². The first-order chi connectivity index (χ1) is 8.68. The summed E-state index contributed by atoms with van der Waals surface area (Å²) < 4.78 is 0. The number of hydrogen-bond acceptors (Lipinski definition) is 1. The van der Waals surface area contributed by atoms with Gasteiger partial charge in [0, 0.05) is 0 Å². The van der Waals surface area contributed by atoms with Gasteiger partial charge in [0.1, 0.15) is 0 Å². The lowest BCUT2D eigenvalue weighted by molar-refractivity contribution is 0.00788. The van der Waals surface area contributed by atoms with Gasteiger partial charge in [-0.2, -0.15) is 0 Å². The van der Waals surface area contributed by atoms with E-state index < -0.39 is 0 Å². The van der Waals surface area contributed by atoms with Gasteiger partial charge in [0.25, 0.3) is 0 Å². The van der Waals surface area contributed by atoms with Crippen LogP contribution in [0.2, 0.25) is 0 Å². The molecule has 1 nitrogen and oxygen atoms in total. The van der Waals surface area contributed by atoms with Gasteiger partial charge in [-0.25, -0.2) is 0 Å². The van der Waals surface area contributed by atoms with E-state index in [1.165, 1.54) is 64.2 Å². The zero-order chi connectivity index (χ0) is 13.7. The van der Waals surface area contributed by atoms with E-state index in [-0.39, 0.29) is 5.60 Å². The lowest BCUT2D eigenvalue weighted by Crippen LogP contribution is -2.28. The predicted octanol–water partition coefficient (Wildman–Crippen LogP) is 5.85. The molecule has 0 aliphatic heterocycles. The molecular weight excluding hydrogens is 220 g/mol. The molecular formula is C17H36O. The topological polar surface area (TPSA) is 20.2 Å². The SMILES string of the molecule is CCCCCCCCC(O)(CCCC)CCCC. The van der Waals surface area contributed by atoms with Crippen LogP contribution in [0, 0.1) is 0 Å². The molecule has 18 heavy (non-hydrogen) atoms. The second kappa shape index (κ2) is 12.0. The number of hydrogen-bond donors (Lipinski definition) is 1. The summed E-state index contributed by atoms with van der Waals surface area (Å²) in [5, 5.41) is 10.7. The lowest BCUT2D eigenvalue weighted by Gasteiger charge is -2.28. The highest BCUT2D eigenvalue weighted by atomic mass is 16.3. The molecule has 0 aliphatic rings. The smallest absolute Gasteiger partial charge is 0.0647 e. The van der Waals surface area contributed by atoms with Crippen LogP contribution in [-0.2, 0) is 0 Å². The van der Waals surface area contributed by atoms with Crippen LogP contribution in [0.4, 0.5) is 0 Å². The van der Waals surface area contributed by atoms with E-state index in [9.17, 15) is 5.11 Å². The summed E-state index contributed by atoms with van der Waals surface area (Å²) in [6.45, 7) is 6.68. The maximum absolute atomic E-state index is 10.7. The van der Waals surface area contributed by atoms with Gasteiger partial charge in [-0.1, -0.05) is 85.0 Å². The Morgan fingerprint density at radius 3 is 1.44 bits per heavy atom. The molecule has 0 fully saturated rings. The third-order valence-electron chi connectivity index (χ3n) is 3.99. The summed E-state index contributed by atoms with van der Waals surface area (Å²) >= 11 is 0. The predicted molar refractivity (Wildman–Crippen MR) is 82.0 cm³/mol. The fourth-order valence-corrected chi connectivity index (χ4v) is 2.62. The molecule has 110 valence electrons. The highest BCUT2D eigenvalue weighted by Gasteiger charge is 2.24. The molecule has 0 amide bonds. The van der Waals surface area contributed by atoms with Gasteiger partial charge in [-0.15, -0.1) is 0 Å². The molecule has 0 radical (unpaired) electrons. The zero-order valence-electron chi connectivity index (χ0n) is 13.1. The van der Waals surface area contributed by atoms with Crippen LogP contribution in [0.25, 0.3) is 0 Å². The van der Waals surface area contributed by atoms with E-state index in [2.05, 4.69) is 20.8 Å². The van der Waals surface area contributed by atoms with Crippen LogP contribution in [0.15, 0.2) is 0 Å². The first-order valence-electron chi connectivity index (χ1n) is 8.41. The van der Waals surface area contributed by atoms with Gasteiger partial charge in [-0.3, -0.25) is 0 Å². The average molecular weight is 256 g/mol. The van der Waals surface area contributed by atoms with Crippen molar-refractivity contribution in [3.63, 3.8) is 0 Å². The van der Waals surface area contributed by atoms with Crippen molar-refractivity contribution < 1.29 is 5.11 Å². The van der Waals surface area contributed by atoms with Crippen molar-refractivity contribution in [3.05, 3.63) is 0 Å². The van der Waals surface area contributed by atoms with Crippen LogP contribution in [0.3, 0.4) is 0 Å². The minimum absolute atomic E-state index is 0.350. The average Bonchev–Trinajstić information content (AvgIpc) is 2.38. The minimum atomic E-state index is -0.350. The summed E-state index contributed by atoms with van der Waals surface area (Å²) in [5.74, 6) is 0. The Balaban J connectivity index is 3.77. The van der Waals surface area contributed by atoms with Crippen LogP contribution in [0.5, 0.6) is 0 Å². The van der Waals surface area contributed by atoms with E-state index in [4.69, 9.17) is 0 Å². The maximum Gasteiger partial charge on any atom is 0.0647 e. The first kappa shape index (κ1) is 18.0. The number of rotatable bonds is 13. The van der Waals surface area contributed by atoms with E-state index in [0.29, 0.717) is 0 Å². The van der Waals surface area contributed by atoms with E-state index in [1.807, 2.05) is 0 Å². The minimum Gasteiger partial charge on any atom is -0.390 e. The molecule has 0 aliphatic carbocycles. The van der Waals surface area contributed by atoms with Gasteiger partial charge < -0.3 is 5.11 Å². The van der Waals surface area contributed by atoms with Crippen molar-refractivity contribution in [3.8, 4) is 0 Å². The number of unbranched alkanes of at least 4 members (excludes halogenated alkanes) is 7. The van der Waals surface area contributed by atoms with Crippen molar-refractivity contribution in [1.82, 2.24) is 0 Å². The quantitative estimate of drug-likeness (QED) is 0.410.